The molecule has 0 atom stereocenters. The first-order valence-electron chi connectivity index (χ1n) is 10.5. The van der Waals surface area contributed by atoms with Crippen molar-refractivity contribution in [2.24, 2.45) is 5.92 Å². The highest BCUT2D eigenvalue weighted by Crippen LogP contribution is 2.23. The van der Waals surface area contributed by atoms with Crippen molar-refractivity contribution in [1.29, 1.82) is 0 Å². The molecule has 0 N–H and O–H groups in total. The van der Waals surface area contributed by atoms with Gasteiger partial charge >= 0.3 is 5.76 Å². The van der Waals surface area contributed by atoms with Crippen molar-refractivity contribution in [1.82, 2.24) is 9.47 Å². The molecule has 1 fully saturated rings. The van der Waals surface area contributed by atoms with E-state index in [9.17, 15) is 14.4 Å². The number of ketones is 1. The van der Waals surface area contributed by atoms with E-state index >= 15 is 0 Å². The lowest BCUT2D eigenvalue weighted by molar-refractivity contribution is -0.132. The Bertz CT molecular complexity index is 1100. The molecule has 0 aliphatic carbocycles. The Morgan fingerprint density at radius 2 is 1.73 bits per heavy atom. The van der Waals surface area contributed by atoms with Crippen molar-refractivity contribution in [3.8, 4) is 0 Å². The number of nitrogens with zero attached hydrogens (tertiary/aromatic N) is 2. The molecule has 2 heterocycles. The molecular formula is C24H26N2O4. The van der Waals surface area contributed by atoms with Crippen LogP contribution in [0.5, 0.6) is 0 Å². The molecule has 0 unspecified atom stereocenters. The predicted molar refractivity (Wildman–Crippen MR) is 115 cm³/mol. The smallest absolute Gasteiger partial charge is 0.408 e. The minimum atomic E-state index is -0.390. The van der Waals surface area contributed by atoms with Gasteiger partial charge < -0.3 is 9.32 Å². The van der Waals surface area contributed by atoms with Gasteiger partial charge in [0.25, 0.3) is 0 Å². The van der Waals surface area contributed by atoms with Crippen molar-refractivity contribution in [3.63, 3.8) is 0 Å². The van der Waals surface area contributed by atoms with Crippen LogP contribution in [0, 0.1) is 12.8 Å². The fourth-order valence-corrected chi connectivity index (χ4v) is 4.12. The number of carbonyl (C=O) groups is 2. The third-order valence-electron chi connectivity index (χ3n) is 5.90. The summed E-state index contributed by atoms with van der Waals surface area (Å²) in [7, 11) is 0. The number of oxazole rings is 1. The van der Waals surface area contributed by atoms with Gasteiger partial charge in [0.15, 0.2) is 11.4 Å². The van der Waals surface area contributed by atoms with Gasteiger partial charge in [-0.05, 0) is 38.3 Å². The zero-order valence-electron chi connectivity index (χ0n) is 17.2. The molecule has 3 aromatic rings. The Labute approximate surface area is 175 Å². The highest BCUT2D eigenvalue weighted by atomic mass is 16.4. The number of amides is 1. The van der Waals surface area contributed by atoms with Gasteiger partial charge in [-0.3, -0.25) is 14.2 Å². The lowest BCUT2D eigenvalue weighted by Gasteiger charge is -2.31. The standard InChI is InChI=1S/C24H26N2O4/c1-17-8-10-18(11-9-17)23(28)19-12-15-25(16-13-19)22(27)7-4-14-26-20-5-2-3-6-21(20)30-24(26)29/h2-3,5-6,8-11,19H,4,7,12-16H2,1H3. The van der Waals surface area contributed by atoms with Gasteiger partial charge in [0.1, 0.15) is 0 Å². The van der Waals surface area contributed by atoms with Crippen LogP contribution in [0.1, 0.15) is 41.6 Å². The summed E-state index contributed by atoms with van der Waals surface area (Å²) in [6.07, 6.45) is 2.35. The average Bonchev–Trinajstić information content (AvgIpc) is 3.09. The first-order valence-corrected chi connectivity index (χ1v) is 10.5. The zero-order valence-corrected chi connectivity index (χ0v) is 17.2. The van der Waals surface area contributed by atoms with E-state index in [1.165, 1.54) is 0 Å². The molecule has 2 aromatic carbocycles. The van der Waals surface area contributed by atoms with E-state index in [0.29, 0.717) is 50.9 Å². The lowest BCUT2D eigenvalue weighted by atomic mass is 9.88. The van der Waals surface area contributed by atoms with E-state index in [1.807, 2.05) is 54.3 Å². The normalized spacial score (nSPS) is 14.9. The third-order valence-corrected chi connectivity index (χ3v) is 5.90. The second-order valence-corrected chi connectivity index (χ2v) is 7.98. The van der Waals surface area contributed by atoms with Crippen molar-refractivity contribution in [3.05, 3.63) is 70.2 Å². The zero-order chi connectivity index (χ0) is 21.1. The van der Waals surface area contributed by atoms with Gasteiger partial charge in [-0.15, -0.1) is 0 Å². The Kier molecular flexibility index (Phi) is 5.84. The maximum absolute atomic E-state index is 12.7. The number of carbonyl (C=O) groups excluding carboxylic acids is 2. The van der Waals surface area contributed by atoms with Gasteiger partial charge in [0.05, 0.1) is 5.52 Å². The summed E-state index contributed by atoms with van der Waals surface area (Å²) in [6.45, 7) is 3.67. The minimum Gasteiger partial charge on any atom is -0.408 e. The molecule has 1 aromatic heterocycles. The Balaban J connectivity index is 1.27. The second kappa shape index (κ2) is 8.69. The number of fused-ring (bicyclic) bond motifs is 1. The highest BCUT2D eigenvalue weighted by molar-refractivity contribution is 5.98. The largest absolute Gasteiger partial charge is 0.419 e. The van der Waals surface area contributed by atoms with Crippen molar-refractivity contribution >= 4 is 22.8 Å². The molecular weight excluding hydrogens is 380 g/mol. The van der Waals surface area contributed by atoms with Crippen LogP contribution in [0.25, 0.3) is 11.1 Å². The second-order valence-electron chi connectivity index (χ2n) is 7.98. The van der Waals surface area contributed by atoms with Crippen LogP contribution in [0.2, 0.25) is 0 Å². The van der Waals surface area contributed by atoms with E-state index in [4.69, 9.17) is 4.42 Å². The molecule has 30 heavy (non-hydrogen) atoms. The summed E-state index contributed by atoms with van der Waals surface area (Å²) < 4.78 is 6.81. The summed E-state index contributed by atoms with van der Waals surface area (Å²) >= 11 is 0. The Morgan fingerprint density at radius 1 is 1.03 bits per heavy atom. The molecule has 1 amide bonds. The number of hydrogen-bond acceptors (Lipinski definition) is 4. The number of piperidine rings is 1. The average molecular weight is 406 g/mol. The van der Waals surface area contributed by atoms with Crippen LogP contribution in [-0.2, 0) is 11.3 Å². The van der Waals surface area contributed by atoms with Gasteiger partial charge in [-0.2, -0.15) is 0 Å². The first kappa shape index (κ1) is 20.1. The molecule has 0 bridgehead atoms. The molecule has 1 aliphatic heterocycles. The molecule has 156 valence electrons. The number of para-hydroxylation sites is 2. The Hall–Kier alpha value is -3.15. The van der Waals surface area contributed by atoms with E-state index in [0.717, 1.165) is 16.6 Å². The number of likely N-dealkylation sites (tertiary alicyclic amines) is 1. The maximum atomic E-state index is 12.7. The van der Waals surface area contributed by atoms with Crippen LogP contribution < -0.4 is 5.76 Å². The number of Topliss-reactive ketones (excluding diaryl/α,β-unsaturated/α-hetero) is 1. The molecule has 4 rings (SSSR count). The molecule has 1 saturated heterocycles. The van der Waals surface area contributed by atoms with Crippen LogP contribution in [0.15, 0.2) is 57.7 Å². The van der Waals surface area contributed by atoms with E-state index in [1.54, 1.807) is 10.6 Å². The molecule has 0 radical (unpaired) electrons. The van der Waals surface area contributed by atoms with Crippen LogP contribution in [0.4, 0.5) is 0 Å². The lowest BCUT2D eigenvalue weighted by Crippen LogP contribution is -2.40. The van der Waals surface area contributed by atoms with Gasteiger partial charge in [-0.1, -0.05) is 42.0 Å². The number of rotatable bonds is 6. The van der Waals surface area contributed by atoms with Gasteiger partial charge in [-0.25, -0.2) is 4.79 Å². The number of aryl methyl sites for hydroxylation is 2. The van der Waals surface area contributed by atoms with Crippen LogP contribution in [0.3, 0.4) is 0 Å². The van der Waals surface area contributed by atoms with Gasteiger partial charge in [0.2, 0.25) is 5.91 Å². The van der Waals surface area contributed by atoms with E-state index in [2.05, 4.69) is 0 Å². The van der Waals surface area contributed by atoms with Crippen LogP contribution >= 0.6 is 0 Å². The maximum Gasteiger partial charge on any atom is 0.419 e. The number of aromatic nitrogens is 1. The summed E-state index contributed by atoms with van der Waals surface area (Å²) in [5.74, 6) is -0.155. The number of benzene rings is 2. The quantitative estimate of drug-likeness (QED) is 0.584. The topological polar surface area (TPSA) is 72.5 Å². The summed E-state index contributed by atoms with van der Waals surface area (Å²) in [5, 5.41) is 0. The SMILES string of the molecule is Cc1ccc(C(=O)C2CCN(C(=O)CCCn3c(=O)oc4ccccc43)CC2)cc1. The molecule has 1 aliphatic rings. The summed E-state index contributed by atoms with van der Waals surface area (Å²) in [6, 6.07) is 15.0. The van der Waals surface area contributed by atoms with E-state index < -0.39 is 0 Å². The summed E-state index contributed by atoms with van der Waals surface area (Å²) in [4.78, 5) is 39.1. The molecule has 6 nitrogen and oxygen atoms in total. The molecule has 6 heteroatoms. The predicted octanol–water partition coefficient (Wildman–Crippen LogP) is 3.80. The van der Waals surface area contributed by atoms with Crippen molar-refractivity contribution in [2.75, 3.05) is 13.1 Å². The highest BCUT2D eigenvalue weighted by Gasteiger charge is 2.27. The van der Waals surface area contributed by atoms with Gasteiger partial charge in [0, 0.05) is 37.5 Å². The van der Waals surface area contributed by atoms with Crippen molar-refractivity contribution in [2.45, 2.75) is 39.2 Å². The first-order chi connectivity index (χ1) is 14.5. The fourth-order valence-electron chi connectivity index (χ4n) is 4.12. The fraction of sp³-hybridized carbons (Fsp3) is 0.375. The minimum absolute atomic E-state index is 0.0207. The monoisotopic (exact) mass is 406 g/mol. The van der Waals surface area contributed by atoms with Crippen LogP contribution in [-0.4, -0.2) is 34.2 Å². The van der Waals surface area contributed by atoms with E-state index in [-0.39, 0.29) is 23.4 Å². The summed E-state index contributed by atoms with van der Waals surface area (Å²) in [5.41, 5.74) is 3.21. The molecule has 0 saturated carbocycles. The molecule has 0 spiro atoms. The Morgan fingerprint density at radius 3 is 2.47 bits per heavy atom. The van der Waals surface area contributed by atoms with Crippen molar-refractivity contribution < 1.29 is 14.0 Å². The third kappa shape index (κ3) is 4.22. The number of hydrogen-bond donors (Lipinski definition) is 0.